The Bertz CT molecular complexity index is 1120. The van der Waals surface area contributed by atoms with E-state index in [4.69, 9.17) is 9.47 Å². The van der Waals surface area contributed by atoms with E-state index in [0.717, 1.165) is 5.82 Å². The van der Waals surface area contributed by atoms with E-state index in [0.29, 0.717) is 49.7 Å². The van der Waals surface area contributed by atoms with Crippen LogP contribution in [0.3, 0.4) is 0 Å². The van der Waals surface area contributed by atoms with Crippen molar-refractivity contribution in [2.24, 2.45) is 0 Å². The zero-order chi connectivity index (χ0) is 20.4. The molecule has 154 valence electrons. The van der Waals surface area contributed by atoms with Gasteiger partial charge >= 0.3 is 0 Å². The number of aromatic nitrogens is 4. The summed E-state index contributed by atoms with van der Waals surface area (Å²) in [6.07, 6.45) is 2.22. The quantitative estimate of drug-likeness (QED) is 0.606. The maximum Gasteiger partial charge on any atom is 0.246 e. The molecule has 10 nitrogen and oxygen atoms in total. The van der Waals surface area contributed by atoms with E-state index in [9.17, 15) is 8.42 Å². The van der Waals surface area contributed by atoms with E-state index in [1.807, 2.05) is 12.1 Å². The standard InChI is InChI=1S/C18H22N6O4S/c1-27-14-4-5-15(28-2)16(12-14)29(25,26)23-9-3-8-22(10-11-23)18-7-6-17-20-19-13-24(17)21-18/h4-7,12-13H,3,8-11H2,1-2H3. The third kappa shape index (κ3) is 3.70. The molecule has 3 aromatic rings. The predicted octanol–water partition coefficient (Wildman–Crippen LogP) is 1.04. The van der Waals surface area contributed by atoms with Crippen LogP contribution in [0.5, 0.6) is 11.5 Å². The van der Waals surface area contributed by atoms with Crippen molar-refractivity contribution in [3.63, 3.8) is 0 Å². The summed E-state index contributed by atoms with van der Waals surface area (Å²) in [6, 6.07) is 8.50. The van der Waals surface area contributed by atoms with Gasteiger partial charge in [0.15, 0.2) is 5.65 Å². The third-order valence-corrected chi connectivity index (χ3v) is 6.83. The first-order valence-corrected chi connectivity index (χ1v) is 10.6. The van der Waals surface area contributed by atoms with Gasteiger partial charge in [-0.3, -0.25) is 0 Å². The minimum Gasteiger partial charge on any atom is -0.497 e. The number of methoxy groups -OCH3 is 2. The Hall–Kier alpha value is -2.92. The van der Waals surface area contributed by atoms with Gasteiger partial charge in [0.25, 0.3) is 0 Å². The van der Waals surface area contributed by atoms with Gasteiger partial charge in [0, 0.05) is 32.2 Å². The highest BCUT2D eigenvalue weighted by atomic mass is 32.2. The summed E-state index contributed by atoms with van der Waals surface area (Å²) in [5, 5.41) is 12.3. The molecular formula is C18H22N6O4S. The molecule has 1 aromatic carbocycles. The minimum absolute atomic E-state index is 0.108. The fraction of sp³-hybridized carbons (Fsp3) is 0.389. The van der Waals surface area contributed by atoms with Gasteiger partial charge < -0.3 is 14.4 Å². The molecule has 0 bridgehead atoms. The summed E-state index contributed by atoms with van der Waals surface area (Å²) < 4.78 is 40.2. The summed E-state index contributed by atoms with van der Waals surface area (Å²) in [4.78, 5) is 2.18. The largest absolute Gasteiger partial charge is 0.497 e. The maximum atomic E-state index is 13.3. The van der Waals surface area contributed by atoms with Crippen LogP contribution >= 0.6 is 0 Å². The molecule has 2 aromatic heterocycles. The monoisotopic (exact) mass is 418 g/mol. The van der Waals surface area contributed by atoms with Gasteiger partial charge in [-0.05, 0) is 30.7 Å². The van der Waals surface area contributed by atoms with Gasteiger partial charge in [-0.25, -0.2) is 8.42 Å². The van der Waals surface area contributed by atoms with Crippen LogP contribution in [0.15, 0.2) is 41.6 Å². The molecular weight excluding hydrogens is 396 g/mol. The van der Waals surface area contributed by atoms with Gasteiger partial charge in [0.05, 0.1) is 14.2 Å². The zero-order valence-corrected chi connectivity index (χ0v) is 17.0. The Balaban J connectivity index is 1.57. The van der Waals surface area contributed by atoms with Crippen LogP contribution in [0.1, 0.15) is 6.42 Å². The first-order chi connectivity index (χ1) is 14.0. The molecule has 1 aliphatic rings. The molecule has 0 spiro atoms. The molecule has 3 heterocycles. The van der Waals surface area contributed by atoms with Crippen molar-refractivity contribution in [1.82, 2.24) is 24.1 Å². The summed E-state index contributed by atoms with van der Waals surface area (Å²) in [5.74, 6) is 1.52. The summed E-state index contributed by atoms with van der Waals surface area (Å²) in [6.45, 7) is 1.96. The number of ether oxygens (including phenoxy) is 2. The predicted molar refractivity (Wildman–Crippen MR) is 106 cm³/mol. The van der Waals surface area contributed by atoms with Crippen LogP contribution < -0.4 is 14.4 Å². The van der Waals surface area contributed by atoms with Crippen molar-refractivity contribution in [3.8, 4) is 11.5 Å². The van der Waals surface area contributed by atoms with Gasteiger partial charge in [0.1, 0.15) is 28.5 Å². The fourth-order valence-corrected chi connectivity index (χ4v) is 5.02. The number of nitrogens with zero attached hydrogens (tertiary/aromatic N) is 6. The number of fused-ring (bicyclic) bond motifs is 1. The normalized spacial score (nSPS) is 16.0. The molecule has 29 heavy (non-hydrogen) atoms. The Morgan fingerprint density at radius 1 is 1.00 bits per heavy atom. The number of sulfonamides is 1. The van der Waals surface area contributed by atoms with Crippen molar-refractivity contribution >= 4 is 21.5 Å². The SMILES string of the molecule is COc1ccc(OC)c(S(=O)(=O)N2CCCN(c3ccc4nncn4n3)CC2)c1. The maximum absolute atomic E-state index is 13.3. The van der Waals surface area contributed by atoms with E-state index in [1.165, 1.54) is 24.6 Å². The summed E-state index contributed by atoms with van der Waals surface area (Å²) in [5.41, 5.74) is 0.665. The van der Waals surface area contributed by atoms with E-state index >= 15 is 0 Å². The molecule has 1 aliphatic heterocycles. The Morgan fingerprint density at radius 3 is 2.66 bits per heavy atom. The van der Waals surface area contributed by atoms with Crippen LogP contribution in [0.25, 0.3) is 5.65 Å². The second-order valence-electron chi connectivity index (χ2n) is 6.59. The lowest BCUT2D eigenvalue weighted by atomic mass is 10.3. The first kappa shape index (κ1) is 19.4. The lowest BCUT2D eigenvalue weighted by Gasteiger charge is -2.23. The number of hydrogen-bond acceptors (Lipinski definition) is 8. The molecule has 1 saturated heterocycles. The highest BCUT2D eigenvalue weighted by molar-refractivity contribution is 7.89. The molecule has 1 fully saturated rings. The fourth-order valence-electron chi connectivity index (χ4n) is 3.37. The minimum atomic E-state index is -3.74. The molecule has 4 rings (SSSR count). The van der Waals surface area contributed by atoms with Crippen LogP contribution in [-0.2, 0) is 10.0 Å². The second-order valence-corrected chi connectivity index (χ2v) is 8.49. The van der Waals surface area contributed by atoms with Gasteiger partial charge in [-0.1, -0.05) is 0 Å². The number of anilines is 1. The van der Waals surface area contributed by atoms with Crippen molar-refractivity contribution in [3.05, 3.63) is 36.7 Å². The van der Waals surface area contributed by atoms with Crippen molar-refractivity contribution < 1.29 is 17.9 Å². The molecule has 0 N–H and O–H groups in total. The van der Waals surface area contributed by atoms with Crippen molar-refractivity contribution in [1.29, 1.82) is 0 Å². The highest BCUT2D eigenvalue weighted by Crippen LogP contribution is 2.31. The first-order valence-electron chi connectivity index (χ1n) is 9.17. The van der Waals surface area contributed by atoms with Crippen LogP contribution in [-0.4, -0.2) is 72.9 Å². The van der Waals surface area contributed by atoms with Crippen LogP contribution in [0.4, 0.5) is 5.82 Å². The smallest absolute Gasteiger partial charge is 0.246 e. The molecule has 0 atom stereocenters. The third-order valence-electron chi connectivity index (χ3n) is 4.92. The molecule has 0 saturated carbocycles. The Morgan fingerprint density at radius 2 is 1.86 bits per heavy atom. The number of rotatable bonds is 5. The number of hydrogen-bond donors (Lipinski definition) is 0. The lowest BCUT2D eigenvalue weighted by molar-refractivity contribution is 0.385. The molecule has 0 aliphatic carbocycles. The topological polar surface area (TPSA) is 102 Å². The molecule has 11 heteroatoms. The second kappa shape index (κ2) is 7.84. The van der Waals surface area contributed by atoms with Gasteiger partial charge in [0.2, 0.25) is 10.0 Å². The van der Waals surface area contributed by atoms with E-state index in [1.54, 1.807) is 23.0 Å². The summed E-state index contributed by atoms with van der Waals surface area (Å²) in [7, 11) is -0.778. The molecule has 0 amide bonds. The average molecular weight is 418 g/mol. The van der Waals surface area contributed by atoms with Crippen molar-refractivity contribution in [2.45, 2.75) is 11.3 Å². The summed E-state index contributed by atoms with van der Waals surface area (Å²) >= 11 is 0. The zero-order valence-electron chi connectivity index (χ0n) is 16.2. The van der Waals surface area contributed by atoms with E-state index in [-0.39, 0.29) is 4.90 Å². The van der Waals surface area contributed by atoms with Crippen LogP contribution in [0.2, 0.25) is 0 Å². The Labute approximate surface area is 168 Å². The van der Waals surface area contributed by atoms with Gasteiger partial charge in [-0.15, -0.1) is 15.3 Å². The van der Waals surface area contributed by atoms with Crippen LogP contribution in [0, 0.1) is 0 Å². The van der Waals surface area contributed by atoms with E-state index in [2.05, 4.69) is 20.2 Å². The Kier molecular flexibility index (Phi) is 5.24. The highest BCUT2D eigenvalue weighted by Gasteiger charge is 2.30. The average Bonchev–Trinajstić information content (AvgIpc) is 3.07. The molecule has 0 radical (unpaired) electrons. The van der Waals surface area contributed by atoms with E-state index < -0.39 is 10.0 Å². The lowest BCUT2D eigenvalue weighted by Crippen LogP contribution is -2.35. The number of benzene rings is 1. The van der Waals surface area contributed by atoms with Gasteiger partial charge in [-0.2, -0.15) is 8.82 Å². The molecule has 0 unspecified atom stereocenters. The van der Waals surface area contributed by atoms with Crippen molar-refractivity contribution in [2.75, 3.05) is 45.3 Å².